The molecule has 0 amide bonds. The van der Waals surface area contributed by atoms with Crippen molar-refractivity contribution < 1.29 is 0 Å². The van der Waals surface area contributed by atoms with Gasteiger partial charge in [-0.3, -0.25) is 0 Å². The van der Waals surface area contributed by atoms with Crippen LogP contribution in [0.25, 0.3) is 0 Å². The highest BCUT2D eigenvalue weighted by atomic mass is 33.1. The zero-order valence-electron chi connectivity index (χ0n) is 8.25. The Morgan fingerprint density at radius 2 is 0.688 bits per heavy atom. The third-order valence-electron chi connectivity index (χ3n) is 2.14. The number of hydrogen-bond acceptors (Lipinski definition) is 4. The Kier molecular flexibility index (Phi) is 3.43. The molecule has 2 aromatic rings. The van der Waals surface area contributed by atoms with E-state index < -0.39 is 0 Å². The van der Waals surface area contributed by atoms with Gasteiger partial charge in [-0.15, -0.1) is 0 Å². The Morgan fingerprint density at radius 1 is 0.438 bits per heavy atom. The average molecular weight is 280 g/mol. The maximum Gasteiger partial charge on any atom is 0.0331 e. The Labute approximate surface area is 111 Å². The standard InChI is InChI=1S/C12H8S4/c1-2-6-10-9(5-1)13-15-11-7-3-4-8-12(11)16-14-10/h1-8H. The summed E-state index contributed by atoms with van der Waals surface area (Å²) in [5.74, 6) is 0. The molecule has 80 valence electrons. The SMILES string of the molecule is c1ccc2c(c1)SSc1ccccc1SS2. The summed E-state index contributed by atoms with van der Waals surface area (Å²) >= 11 is 0. The molecular weight excluding hydrogens is 272 g/mol. The van der Waals surface area contributed by atoms with Crippen molar-refractivity contribution >= 4 is 43.2 Å². The summed E-state index contributed by atoms with van der Waals surface area (Å²) in [6.45, 7) is 0. The molecule has 1 aliphatic rings. The minimum atomic E-state index is 1.36. The topological polar surface area (TPSA) is 0 Å². The molecule has 0 fully saturated rings. The van der Waals surface area contributed by atoms with E-state index in [9.17, 15) is 0 Å². The van der Waals surface area contributed by atoms with Crippen LogP contribution in [0, 0.1) is 0 Å². The number of rotatable bonds is 0. The molecule has 0 atom stereocenters. The molecule has 0 saturated heterocycles. The first kappa shape index (κ1) is 11.0. The fourth-order valence-corrected chi connectivity index (χ4v) is 6.81. The second-order valence-electron chi connectivity index (χ2n) is 3.23. The van der Waals surface area contributed by atoms with Crippen molar-refractivity contribution in [2.45, 2.75) is 19.6 Å². The van der Waals surface area contributed by atoms with Crippen molar-refractivity contribution in [3.05, 3.63) is 48.5 Å². The summed E-state index contributed by atoms with van der Waals surface area (Å²) in [5, 5.41) is 0. The summed E-state index contributed by atoms with van der Waals surface area (Å²) in [5.41, 5.74) is 0. The van der Waals surface area contributed by atoms with Crippen LogP contribution in [0.3, 0.4) is 0 Å². The van der Waals surface area contributed by atoms with Gasteiger partial charge in [-0.25, -0.2) is 0 Å². The molecule has 0 aliphatic carbocycles. The first-order chi connectivity index (χ1) is 7.93. The molecule has 1 heterocycles. The maximum absolute atomic E-state index is 2.19. The van der Waals surface area contributed by atoms with Crippen molar-refractivity contribution in [3.63, 3.8) is 0 Å². The monoisotopic (exact) mass is 280 g/mol. The molecule has 0 saturated carbocycles. The molecule has 16 heavy (non-hydrogen) atoms. The highest BCUT2D eigenvalue weighted by Gasteiger charge is 2.12. The minimum absolute atomic E-state index is 1.36. The smallest absolute Gasteiger partial charge is 0.0331 e. The fraction of sp³-hybridized carbons (Fsp3) is 0. The summed E-state index contributed by atoms with van der Waals surface area (Å²) in [7, 11) is 7.39. The second-order valence-corrected chi connectivity index (χ2v) is 7.65. The van der Waals surface area contributed by atoms with Crippen LogP contribution in [0.2, 0.25) is 0 Å². The molecule has 0 unspecified atom stereocenters. The van der Waals surface area contributed by atoms with Gasteiger partial charge in [0, 0.05) is 19.6 Å². The minimum Gasteiger partial charge on any atom is -0.0610 e. The molecule has 0 nitrogen and oxygen atoms in total. The lowest BCUT2D eigenvalue weighted by Crippen LogP contribution is -1.80. The van der Waals surface area contributed by atoms with Gasteiger partial charge in [-0.1, -0.05) is 67.4 Å². The van der Waals surface area contributed by atoms with E-state index in [1.807, 2.05) is 43.2 Å². The van der Waals surface area contributed by atoms with Crippen molar-refractivity contribution in [2.75, 3.05) is 0 Å². The molecule has 0 radical (unpaired) electrons. The molecule has 3 rings (SSSR count). The van der Waals surface area contributed by atoms with Crippen LogP contribution in [-0.2, 0) is 0 Å². The molecule has 2 aromatic carbocycles. The largest absolute Gasteiger partial charge is 0.0610 e. The van der Waals surface area contributed by atoms with Crippen LogP contribution in [0.4, 0.5) is 0 Å². The van der Waals surface area contributed by atoms with Crippen molar-refractivity contribution in [3.8, 4) is 0 Å². The summed E-state index contributed by atoms with van der Waals surface area (Å²) in [6, 6.07) is 17.2. The molecule has 4 heteroatoms. The third-order valence-corrected chi connectivity index (χ3v) is 7.36. The number of fused-ring (bicyclic) bond motifs is 2. The molecule has 0 aromatic heterocycles. The highest BCUT2D eigenvalue weighted by molar-refractivity contribution is 8.79. The molecule has 1 aliphatic heterocycles. The lowest BCUT2D eigenvalue weighted by atomic mass is 10.4. The average Bonchev–Trinajstić information content (AvgIpc) is 2.32. The van der Waals surface area contributed by atoms with E-state index in [0.717, 1.165) is 0 Å². The van der Waals surface area contributed by atoms with E-state index in [4.69, 9.17) is 0 Å². The van der Waals surface area contributed by atoms with Crippen molar-refractivity contribution in [1.29, 1.82) is 0 Å². The number of hydrogen-bond donors (Lipinski definition) is 0. The Balaban J connectivity index is 1.97. The van der Waals surface area contributed by atoms with E-state index in [1.165, 1.54) is 19.6 Å². The lowest BCUT2D eigenvalue weighted by Gasteiger charge is -2.13. The third kappa shape index (κ3) is 2.25. The van der Waals surface area contributed by atoms with Crippen LogP contribution < -0.4 is 0 Å². The predicted molar refractivity (Wildman–Crippen MR) is 76.3 cm³/mol. The van der Waals surface area contributed by atoms with Crippen LogP contribution in [-0.4, -0.2) is 0 Å². The second kappa shape index (κ2) is 5.00. The molecule has 0 spiro atoms. The van der Waals surface area contributed by atoms with Gasteiger partial charge in [0.2, 0.25) is 0 Å². The summed E-state index contributed by atoms with van der Waals surface area (Å²) < 4.78 is 0. The first-order valence-electron chi connectivity index (χ1n) is 4.80. The van der Waals surface area contributed by atoms with Gasteiger partial charge in [-0.05, 0) is 24.3 Å². The van der Waals surface area contributed by atoms with Crippen LogP contribution in [0.15, 0.2) is 68.1 Å². The van der Waals surface area contributed by atoms with Gasteiger partial charge in [0.05, 0.1) is 0 Å². The van der Waals surface area contributed by atoms with Gasteiger partial charge in [0.1, 0.15) is 0 Å². The van der Waals surface area contributed by atoms with Gasteiger partial charge < -0.3 is 0 Å². The quantitative estimate of drug-likeness (QED) is 0.576. The summed E-state index contributed by atoms with van der Waals surface area (Å²) in [4.78, 5) is 5.44. The lowest BCUT2D eigenvalue weighted by molar-refractivity contribution is 1.25. The zero-order chi connectivity index (χ0) is 10.8. The molecular formula is C12H8S4. The van der Waals surface area contributed by atoms with Crippen LogP contribution in [0.5, 0.6) is 0 Å². The van der Waals surface area contributed by atoms with Gasteiger partial charge in [-0.2, -0.15) is 0 Å². The Morgan fingerprint density at radius 3 is 0.938 bits per heavy atom. The zero-order valence-corrected chi connectivity index (χ0v) is 11.5. The van der Waals surface area contributed by atoms with E-state index in [1.54, 1.807) is 0 Å². The summed E-state index contributed by atoms with van der Waals surface area (Å²) in [6.07, 6.45) is 0. The predicted octanol–water partition coefficient (Wildman–Crippen LogP) is 5.60. The first-order valence-corrected chi connectivity index (χ1v) is 9.10. The maximum atomic E-state index is 2.19. The van der Waals surface area contributed by atoms with E-state index >= 15 is 0 Å². The van der Waals surface area contributed by atoms with E-state index in [-0.39, 0.29) is 0 Å². The highest BCUT2D eigenvalue weighted by Crippen LogP contribution is 2.52. The van der Waals surface area contributed by atoms with Crippen LogP contribution >= 0.6 is 43.2 Å². The number of benzene rings is 2. The molecule has 0 N–H and O–H groups in total. The van der Waals surface area contributed by atoms with Gasteiger partial charge in [0.15, 0.2) is 0 Å². The Hall–Kier alpha value is -0.160. The van der Waals surface area contributed by atoms with E-state index in [0.29, 0.717) is 0 Å². The van der Waals surface area contributed by atoms with E-state index in [2.05, 4.69) is 48.5 Å². The van der Waals surface area contributed by atoms with Crippen molar-refractivity contribution in [2.24, 2.45) is 0 Å². The van der Waals surface area contributed by atoms with Crippen molar-refractivity contribution in [1.82, 2.24) is 0 Å². The fourth-order valence-electron chi connectivity index (χ4n) is 1.36. The van der Waals surface area contributed by atoms with Gasteiger partial charge in [0.25, 0.3) is 0 Å². The van der Waals surface area contributed by atoms with Gasteiger partial charge >= 0.3 is 0 Å². The Bertz CT molecular complexity index is 416. The van der Waals surface area contributed by atoms with Crippen LogP contribution in [0.1, 0.15) is 0 Å². The normalized spacial score (nSPS) is 14.5. The molecule has 0 bridgehead atoms.